The smallest absolute Gasteiger partial charge is 0.493 e. The summed E-state index contributed by atoms with van der Waals surface area (Å²) in [4.78, 5) is 0. The third-order valence-corrected chi connectivity index (χ3v) is 17.1. The van der Waals surface area contributed by atoms with Crippen molar-refractivity contribution < 1.29 is 25.1 Å². The predicted molar refractivity (Wildman–Crippen MR) is 354 cm³/mol. The Morgan fingerprint density at radius 2 is 0.570 bits per heavy atom. The maximum atomic E-state index is 12.3. The maximum Gasteiger partial charge on any atom is 2.00 e. The van der Waals surface area contributed by atoms with Crippen molar-refractivity contribution in [1.29, 1.82) is 0 Å². The third-order valence-electron chi connectivity index (χ3n) is 17.1. The van der Waals surface area contributed by atoms with Gasteiger partial charge in [-0.05, 0) is 123 Å². The molecule has 1 aliphatic heterocycles. The van der Waals surface area contributed by atoms with E-state index in [1.54, 1.807) is 10.3 Å². The zero-order valence-corrected chi connectivity index (χ0v) is 56.4. The summed E-state index contributed by atoms with van der Waals surface area (Å²) in [5.74, 6) is 0. The first kappa shape index (κ1) is 77.2. The molecule has 0 bridgehead atoms. The zero-order valence-electron chi connectivity index (χ0n) is 54.9. The van der Waals surface area contributed by atoms with Crippen LogP contribution in [0.15, 0.2) is 35.4 Å². The van der Waals surface area contributed by atoms with Crippen LogP contribution in [-0.2, 0) is 39.7 Å². The second-order valence-electron chi connectivity index (χ2n) is 24.5. The van der Waals surface area contributed by atoms with Gasteiger partial charge in [-0.2, -0.15) is 12.8 Å². The van der Waals surface area contributed by atoms with E-state index >= 15 is 0 Å². The molecule has 1 heterocycles. The summed E-state index contributed by atoms with van der Waals surface area (Å²) in [5, 5.41) is 0. The molecule has 1 aliphatic rings. The van der Waals surface area contributed by atoms with Crippen LogP contribution >= 0.6 is 0 Å². The van der Waals surface area contributed by atoms with Crippen molar-refractivity contribution in [3.05, 3.63) is 99.3 Å². The molecular weight excluding hydrogens is 1050 g/mol. The third kappa shape index (κ3) is 35.2. The fourth-order valence-corrected chi connectivity index (χ4v) is 12.0. The largest absolute Gasteiger partial charge is 2.00 e. The molecule has 0 aromatic heterocycles. The summed E-state index contributed by atoms with van der Waals surface area (Å²) in [7, 11) is 0. The van der Waals surface area contributed by atoms with Crippen molar-refractivity contribution in [2.24, 2.45) is 0 Å². The Kier molecular flexibility index (Phi) is 52.9. The number of nitrogens with zero attached hydrogens (tertiary/aromatic N) is 2. The SMILES string of the molecule is CCCCCCC1=C(c2cc(C)c(C)c(C)c2)[N+](=[N-])C(c2cc(CCC)c(CCC)c(CCC)c2)=C1CCCCCC.[CH2-]CCCCCCCCCCCCCCCCC.[CH2-]CCCCCCCCCCCCCCCCC.[Pd+2]. The molecule has 0 amide bonds. The quantitative estimate of drug-likeness (QED) is 0.0273. The summed E-state index contributed by atoms with van der Waals surface area (Å²) in [5.41, 5.74) is 28.0. The summed E-state index contributed by atoms with van der Waals surface area (Å²) in [6, 6.07) is 9.50. The number of aryl methyl sites for hydroxylation is 4. The first-order chi connectivity index (χ1) is 38.1. The van der Waals surface area contributed by atoms with Gasteiger partial charge < -0.3 is 19.4 Å². The molecule has 0 N–H and O–H groups in total. The van der Waals surface area contributed by atoms with Crippen LogP contribution in [0.1, 0.15) is 382 Å². The average Bonchev–Trinajstić information content (AvgIpc) is 3.73. The van der Waals surface area contributed by atoms with E-state index in [0.29, 0.717) is 0 Å². The molecule has 79 heavy (non-hydrogen) atoms. The van der Waals surface area contributed by atoms with Crippen LogP contribution < -0.4 is 0 Å². The van der Waals surface area contributed by atoms with E-state index in [1.807, 2.05) is 0 Å². The minimum absolute atomic E-state index is 0. The van der Waals surface area contributed by atoms with E-state index in [4.69, 9.17) is 0 Å². The Morgan fingerprint density at radius 1 is 0.316 bits per heavy atom. The van der Waals surface area contributed by atoms with Crippen molar-refractivity contribution in [2.45, 2.75) is 377 Å². The Labute approximate surface area is 510 Å². The molecule has 0 atom stereocenters. The number of rotatable bonds is 48. The van der Waals surface area contributed by atoms with E-state index in [9.17, 15) is 5.53 Å². The molecule has 0 saturated heterocycles. The first-order valence-corrected chi connectivity index (χ1v) is 34.9. The van der Waals surface area contributed by atoms with E-state index < -0.39 is 0 Å². The van der Waals surface area contributed by atoms with Crippen LogP contribution in [0.4, 0.5) is 0 Å². The Bertz CT molecular complexity index is 1700. The summed E-state index contributed by atoms with van der Waals surface area (Å²) in [6.45, 7) is 30.5. The fourth-order valence-electron chi connectivity index (χ4n) is 12.0. The average molecular weight is 1180 g/mol. The van der Waals surface area contributed by atoms with Gasteiger partial charge in [0, 0.05) is 22.3 Å². The molecule has 2 nitrogen and oxygen atoms in total. The number of allylic oxidation sites excluding steroid dienone is 2. The predicted octanol–water partition coefficient (Wildman–Crippen LogP) is 26.7. The van der Waals surface area contributed by atoms with E-state index in [-0.39, 0.29) is 20.4 Å². The standard InChI is InChI=1S/C40H60N2.2C18H37.Pd/c1-9-14-16-18-23-37-38(24-19-17-15-10-2)40(42(41)39(37)34-25-29(6)31(8)30(7)26-34)35-27-32(20-11-3)36(22-13-5)33(28-35)21-12-4;2*1-3-5-7-9-11-13-15-17-18-16-14-12-10-8-6-4-2;/h25-28H,9-24H2,1-8H3;2*1,3-18H2,2H3;/q;2*-1;+2. The van der Waals surface area contributed by atoms with Gasteiger partial charge in [0.2, 0.25) is 11.4 Å². The first-order valence-electron chi connectivity index (χ1n) is 34.9. The molecule has 0 spiro atoms. The molecule has 2 aromatic rings. The van der Waals surface area contributed by atoms with Crippen LogP contribution in [0.5, 0.6) is 0 Å². The van der Waals surface area contributed by atoms with Crippen molar-refractivity contribution in [1.82, 2.24) is 0 Å². The van der Waals surface area contributed by atoms with Gasteiger partial charge in [-0.25, -0.2) is 4.70 Å². The molecular formula is C76H134N2Pd. The second kappa shape index (κ2) is 54.1. The molecule has 0 radical (unpaired) electrons. The van der Waals surface area contributed by atoms with E-state index in [1.165, 1.54) is 295 Å². The van der Waals surface area contributed by atoms with Crippen molar-refractivity contribution >= 4 is 11.4 Å². The van der Waals surface area contributed by atoms with Gasteiger partial charge in [0.15, 0.2) is 0 Å². The van der Waals surface area contributed by atoms with Crippen molar-refractivity contribution in [2.75, 3.05) is 0 Å². The summed E-state index contributed by atoms with van der Waals surface area (Å²) < 4.78 is 1.62. The Balaban J connectivity index is 0.00000136. The Morgan fingerprint density at radius 3 is 0.835 bits per heavy atom. The van der Waals surface area contributed by atoms with Crippen molar-refractivity contribution in [3.63, 3.8) is 0 Å². The van der Waals surface area contributed by atoms with Gasteiger partial charge in [0.05, 0.1) is 0 Å². The molecule has 3 rings (SSSR count). The van der Waals surface area contributed by atoms with Crippen LogP contribution in [0.2, 0.25) is 0 Å². The van der Waals surface area contributed by atoms with Gasteiger partial charge in [0.1, 0.15) is 0 Å². The zero-order chi connectivity index (χ0) is 57.3. The molecule has 0 saturated carbocycles. The minimum atomic E-state index is 0. The summed E-state index contributed by atoms with van der Waals surface area (Å²) in [6.07, 6.45) is 64.4. The van der Waals surface area contributed by atoms with E-state index in [2.05, 4.69) is 107 Å². The molecule has 3 heteroatoms. The second-order valence-corrected chi connectivity index (χ2v) is 24.5. The topological polar surface area (TPSA) is 25.3 Å². The van der Waals surface area contributed by atoms with Crippen LogP contribution in [0, 0.1) is 34.6 Å². The van der Waals surface area contributed by atoms with E-state index in [0.717, 1.165) is 74.7 Å². The molecule has 0 fully saturated rings. The fraction of sp³-hybridized carbons (Fsp3) is 0.763. The van der Waals surface area contributed by atoms with Crippen LogP contribution in [0.3, 0.4) is 0 Å². The monoisotopic (exact) mass is 1180 g/mol. The van der Waals surface area contributed by atoms with Gasteiger partial charge >= 0.3 is 20.4 Å². The summed E-state index contributed by atoms with van der Waals surface area (Å²) >= 11 is 0. The molecule has 2 aromatic carbocycles. The number of unbranched alkanes of at least 4 members (excludes halogenated alkanes) is 36. The van der Waals surface area contributed by atoms with Crippen LogP contribution in [-0.4, -0.2) is 4.70 Å². The van der Waals surface area contributed by atoms with Gasteiger partial charge in [-0.3, -0.25) is 0 Å². The molecule has 0 unspecified atom stereocenters. The number of hydrogen-bond acceptors (Lipinski definition) is 0. The number of hydrogen-bond donors (Lipinski definition) is 0. The minimum Gasteiger partial charge on any atom is -0.493 e. The Hall–Kier alpha value is -1.82. The molecule has 0 aliphatic carbocycles. The van der Waals surface area contributed by atoms with Gasteiger partial charge in [-0.15, -0.1) is 0 Å². The maximum absolute atomic E-state index is 12.3. The van der Waals surface area contributed by atoms with Crippen molar-refractivity contribution in [3.8, 4) is 0 Å². The number of benzene rings is 2. The van der Waals surface area contributed by atoms with Crippen LogP contribution in [0.25, 0.3) is 16.9 Å². The van der Waals surface area contributed by atoms with Gasteiger partial charge in [-0.1, -0.05) is 299 Å². The molecule has 458 valence electrons. The van der Waals surface area contributed by atoms with Gasteiger partial charge in [0.25, 0.3) is 0 Å². The normalized spacial score (nSPS) is 12.3.